The standard InChI is InChI=1S/C22H23N3O4/c1-29-22(28)16-7-9-18(10-8-16)25-20(26)15-19(21(25)27)24-13-11-23(12-14-24)17-5-3-2-4-6-17/h2-10,19H,11-15H2,1H3/t19-/m0/s1. The Morgan fingerprint density at radius 3 is 2.17 bits per heavy atom. The molecule has 7 heteroatoms. The Hall–Kier alpha value is -3.19. The molecule has 0 bridgehead atoms. The van der Waals surface area contributed by atoms with Crippen molar-refractivity contribution in [2.24, 2.45) is 0 Å². The maximum atomic E-state index is 13.0. The van der Waals surface area contributed by atoms with E-state index in [4.69, 9.17) is 0 Å². The average molecular weight is 393 g/mol. The van der Waals surface area contributed by atoms with E-state index in [0.717, 1.165) is 26.2 Å². The first kappa shape index (κ1) is 19.1. The lowest BCUT2D eigenvalue weighted by Crippen LogP contribution is -2.52. The van der Waals surface area contributed by atoms with Crippen molar-refractivity contribution in [3.63, 3.8) is 0 Å². The number of methoxy groups -OCH3 is 1. The second-order valence-corrected chi connectivity index (χ2v) is 7.18. The minimum atomic E-state index is -0.454. The van der Waals surface area contributed by atoms with E-state index in [1.165, 1.54) is 17.7 Å². The summed E-state index contributed by atoms with van der Waals surface area (Å²) in [5.74, 6) is -0.866. The van der Waals surface area contributed by atoms with Crippen LogP contribution in [0, 0.1) is 0 Å². The highest BCUT2D eigenvalue weighted by molar-refractivity contribution is 6.22. The number of amides is 2. The molecule has 2 aliphatic rings. The minimum absolute atomic E-state index is 0.183. The summed E-state index contributed by atoms with van der Waals surface area (Å²) >= 11 is 0. The van der Waals surface area contributed by atoms with Crippen LogP contribution in [0.25, 0.3) is 0 Å². The Morgan fingerprint density at radius 2 is 1.55 bits per heavy atom. The number of rotatable bonds is 4. The van der Waals surface area contributed by atoms with Gasteiger partial charge >= 0.3 is 5.97 Å². The fourth-order valence-electron chi connectivity index (χ4n) is 3.97. The molecule has 2 fully saturated rings. The summed E-state index contributed by atoms with van der Waals surface area (Å²) in [5.41, 5.74) is 2.04. The van der Waals surface area contributed by atoms with Gasteiger partial charge in [-0.2, -0.15) is 0 Å². The summed E-state index contributed by atoms with van der Waals surface area (Å²) in [6.07, 6.45) is 0.183. The number of para-hydroxylation sites is 1. The first-order chi connectivity index (χ1) is 14.1. The molecule has 29 heavy (non-hydrogen) atoms. The number of anilines is 2. The van der Waals surface area contributed by atoms with Gasteiger partial charge in [0, 0.05) is 31.9 Å². The largest absolute Gasteiger partial charge is 0.465 e. The Labute approximate surface area is 169 Å². The first-order valence-electron chi connectivity index (χ1n) is 9.67. The topological polar surface area (TPSA) is 70.2 Å². The second-order valence-electron chi connectivity index (χ2n) is 7.18. The molecule has 0 N–H and O–H groups in total. The number of nitrogens with zero attached hydrogens (tertiary/aromatic N) is 3. The van der Waals surface area contributed by atoms with Crippen LogP contribution in [0.2, 0.25) is 0 Å². The van der Waals surface area contributed by atoms with Crippen molar-refractivity contribution in [1.82, 2.24) is 4.90 Å². The molecule has 2 aromatic rings. The van der Waals surface area contributed by atoms with Crippen LogP contribution in [-0.2, 0) is 14.3 Å². The zero-order valence-corrected chi connectivity index (χ0v) is 16.3. The molecule has 0 radical (unpaired) electrons. The van der Waals surface area contributed by atoms with Gasteiger partial charge in [0.15, 0.2) is 0 Å². The van der Waals surface area contributed by atoms with Crippen LogP contribution in [0.1, 0.15) is 16.8 Å². The third-order valence-electron chi connectivity index (χ3n) is 5.55. The first-order valence-corrected chi connectivity index (χ1v) is 9.67. The molecule has 150 valence electrons. The minimum Gasteiger partial charge on any atom is -0.465 e. The Balaban J connectivity index is 1.43. The lowest BCUT2D eigenvalue weighted by molar-refractivity contribution is -0.123. The molecule has 4 rings (SSSR count). The van der Waals surface area contributed by atoms with E-state index in [2.05, 4.69) is 26.7 Å². The van der Waals surface area contributed by atoms with Crippen LogP contribution in [0.5, 0.6) is 0 Å². The number of benzene rings is 2. The lowest BCUT2D eigenvalue weighted by atomic mass is 10.1. The zero-order chi connectivity index (χ0) is 20.4. The van der Waals surface area contributed by atoms with Crippen molar-refractivity contribution in [3.05, 3.63) is 60.2 Å². The predicted octanol–water partition coefficient (Wildman–Crippen LogP) is 1.93. The van der Waals surface area contributed by atoms with Crippen LogP contribution in [0.4, 0.5) is 11.4 Å². The zero-order valence-electron chi connectivity index (χ0n) is 16.3. The van der Waals surface area contributed by atoms with Crippen molar-refractivity contribution < 1.29 is 19.1 Å². The third kappa shape index (κ3) is 3.73. The lowest BCUT2D eigenvalue weighted by Gasteiger charge is -2.38. The van der Waals surface area contributed by atoms with E-state index in [9.17, 15) is 14.4 Å². The van der Waals surface area contributed by atoms with Gasteiger partial charge in [0.1, 0.15) is 0 Å². The van der Waals surface area contributed by atoms with Crippen LogP contribution < -0.4 is 9.80 Å². The van der Waals surface area contributed by atoms with E-state index in [-0.39, 0.29) is 18.2 Å². The van der Waals surface area contributed by atoms with Gasteiger partial charge < -0.3 is 9.64 Å². The summed E-state index contributed by atoms with van der Waals surface area (Å²) in [6.45, 7) is 3.09. The summed E-state index contributed by atoms with van der Waals surface area (Å²) < 4.78 is 4.68. The average Bonchev–Trinajstić information content (AvgIpc) is 3.08. The molecule has 7 nitrogen and oxygen atoms in total. The summed E-state index contributed by atoms with van der Waals surface area (Å²) in [4.78, 5) is 42.8. The molecule has 2 aromatic carbocycles. The number of carbonyl (C=O) groups excluding carboxylic acids is 3. The third-order valence-corrected chi connectivity index (χ3v) is 5.55. The van der Waals surface area contributed by atoms with Crippen LogP contribution in [0.15, 0.2) is 54.6 Å². The number of hydrogen-bond acceptors (Lipinski definition) is 6. The number of imide groups is 1. The van der Waals surface area contributed by atoms with Gasteiger partial charge in [0.25, 0.3) is 5.91 Å². The van der Waals surface area contributed by atoms with Crippen LogP contribution >= 0.6 is 0 Å². The number of ether oxygens (including phenoxy) is 1. The SMILES string of the molecule is COC(=O)c1ccc(N2C(=O)C[C@H](N3CCN(c4ccccc4)CC3)C2=O)cc1. The summed E-state index contributed by atoms with van der Waals surface area (Å²) in [6, 6.07) is 16.1. The summed E-state index contributed by atoms with van der Waals surface area (Å²) in [5, 5.41) is 0. The molecular weight excluding hydrogens is 370 g/mol. The quantitative estimate of drug-likeness (QED) is 0.584. The van der Waals surface area contributed by atoms with E-state index in [1.54, 1.807) is 24.3 Å². The van der Waals surface area contributed by atoms with E-state index < -0.39 is 12.0 Å². The second kappa shape index (κ2) is 8.05. The maximum absolute atomic E-state index is 13.0. The van der Waals surface area contributed by atoms with Crippen molar-refractivity contribution in [1.29, 1.82) is 0 Å². The molecule has 0 spiro atoms. The molecule has 2 amide bonds. The molecule has 0 saturated carbocycles. The number of hydrogen-bond donors (Lipinski definition) is 0. The molecule has 1 atom stereocenters. The van der Waals surface area contributed by atoms with Gasteiger partial charge in [-0.3, -0.25) is 14.5 Å². The highest BCUT2D eigenvalue weighted by atomic mass is 16.5. The Kier molecular flexibility index (Phi) is 5.31. The van der Waals surface area contributed by atoms with Gasteiger partial charge in [0.05, 0.1) is 30.8 Å². The van der Waals surface area contributed by atoms with E-state index >= 15 is 0 Å². The van der Waals surface area contributed by atoms with E-state index in [1.807, 2.05) is 18.2 Å². The normalized spacial score (nSPS) is 20.2. The number of piperazine rings is 1. The van der Waals surface area contributed by atoms with Crippen molar-refractivity contribution in [2.75, 3.05) is 43.1 Å². The highest BCUT2D eigenvalue weighted by Crippen LogP contribution is 2.27. The predicted molar refractivity (Wildman–Crippen MR) is 109 cm³/mol. The van der Waals surface area contributed by atoms with Gasteiger partial charge in [-0.05, 0) is 36.4 Å². The molecular formula is C22H23N3O4. The fourth-order valence-corrected chi connectivity index (χ4v) is 3.97. The van der Waals surface area contributed by atoms with Gasteiger partial charge in [0.2, 0.25) is 5.91 Å². The van der Waals surface area contributed by atoms with Crippen molar-refractivity contribution in [3.8, 4) is 0 Å². The highest BCUT2D eigenvalue weighted by Gasteiger charge is 2.43. The molecule has 0 unspecified atom stereocenters. The van der Waals surface area contributed by atoms with Gasteiger partial charge in [-0.1, -0.05) is 18.2 Å². The Bertz CT molecular complexity index is 905. The fraction of sp³-hybridized carbons (Fsp3) is 0.318. The van der Waals surface area contributed by atoms with Crippen LogP contribution in [-0.4, -0.2) is 62.0 Å². The van der Waals surface area contributed by atoms with Crippen LogP contribution in [0.3, 0.4) is 0 Å². The molecule has 0 aliphatic carbocycles. The van der Waals surface area contributed by atoms with Crippen molar-refractivity contribution in [2.45, 2.75) is 12.5 Å². The molecule has 0 aromatic heterocycles. The number of esters is 1. The molecule has 2 saturated heterocycles. The smallest absolute Gasteiger partial charge is 0.337 e. The summed E-state index contributed by atoms with van der Waals surface area (Å²) in [7, 11) is 1.31. The molecule has 2 aliphatic heterocycles. The molecule has 2 heterocycles. The van der Waals surface area contributed by atoms with Crippen molar-refractivity contribution >= 4 is 29.2 Å². The Morgan fingerprint density at radius 1 is 0.897 bits per heavy atom. The van der Waals surface area contributed by atoms with E-state index in [0.29, 0.717) is 11.3 Å². The number of carbonyl (C=O) groups is 3. The maximum Gasteiger partial charge on any atom is 0.337 e. The van der Waals surface area contributed by atoms with Gasteiger partial charge in [-0.25, -0.2) is 9.69 Å². The monoisotopic (exact) mass is 393 g/mol. The van der Waals surface area contributed by atoms with Gasteiger partial charge in [-0.15, -0.1) is 0 Å².